The molecule has 1 aliphatic heterocycles. The van der Waals surface area contributed by atoms with E-state index in [-0.39, 0.29) is 11.9 Å². The molecule has 2 heterocycles. The molecule has 4 rings (SSSR count). The topological polar surface area (TPSA) is 56.1 Å². The van der Waals surface area contributed by atoms with Gasteiger partial charge in [-0.2, -0.15) is 5.26 Å². The Morgan fingerprint density at radius 2 is 2.08 bits per heavy atom. The van der Waals surface area contributed by atoms with Gasteiger partial charge in [0.2, 0.25) is 0 Å². The van der Waals surface area contributed by atoms with E-state index in [0.717, 1.165) is 18.8 Å². The third kappa shape index (κ3) is 2.67. The van der Waals surface area contributed by atoms with Crippen molar-refractivity contribution in [2.45, 2.75) is 31.3 Å². The van der Waals surface area contributed by atoms with Crippen molar-refractivity contribution in [1.82, 2.24) is 9.97 Å². The quantitative estimate of drug-likeness (QED) is 0.866. The first-order valence-electron chi connectivity index (χ1n) is 8.26. The summed E-state index contributed by atoms with van der Waals surface area (Å²) in [4.78, 5) is 12.8. The zero-order valence-corrected chi connectivity index (χ0v) is 13.3. The number of para-hydroxylation sites is 1. The first kappa shape index (κ1) is 14.9. The minimum Gasteiger partial charge on any atom is -0.366 e. The molecule has 0 bridgehead atoms. The summed E-state index contributed by atoms with van der Waals surface area (Å²) in [5.41, 5.74) is 0.830. The van der Waals surface area contributed by atoms with Gasteiger partial charge in [-0.1, -0.05) is 6.07 Å². The van der Waals surface area contributed by atoms with Gasteiger partial charge >= 0.3 is 0 Å². The SMILES string of the molecule is N#Cc1cccc(F)c1N1CCC(N(c2ccncn2)C2CC2)C1. The van der Waals surface area contributed by atoms with Crippen LogP contribution in [0.5, 0.6) is 0 Å². The predicted molar refractivity (Wildman–Crippen MR) is 89.3 cm³/mol. The fourth-order valence-electron chi connectivity index (χ4n) is 3.56. The average molecular weight is 323 g/mol. The zero-order valence-electron chi connectivity index (χ0n) is 13.3. The third-order valence-electron chi connectivity index (χ3n) is 4.75. The van der Waals surface area contributed by atoms with E-state index in [2.05, 4.69) is 20.9 Å². The van der Waals surface area contributed by atoms with Gasteiger partial charge in [-0.25, -0.2) is 14.4 Å². The molecule has 1 unspecified atom stereocenters. The summed E-state index contributed by atoms with van der Waals surface area (Å²) in [6.45, 7) is 1.45. The maximum Gasteiger partial charge on any atom is 0.147 e. The monoisotopic (exact) mass is 323 g/mol. The molecule has 122 valence electrons. The molecule has 0 N–H and O–H groups in total. The number of hydrogen-bond donors (Lipinski definition) is 0. The Labute approximate surface area is 140 Å². The molecule has 1 saturated heterocycles. The number of rotatable bonds is 4. The van der Waals surface area contributed by atoms with Gasteiger partial charge in [-0.15, -0.1) is 0 Å². The highest BCUT2D eigenvalue weighted by molar-refractivity contribution is 5.61. The summed E-state index contributed by atoms with van der Waals surface area (Å²) in [7, 11) is 0. The van der Waals surface area contributed by atoms with Crippen molar-refractivity contribution in [1.29, 1.82) is 5.26 Å². The maximum atomic E-state index is 14.3. The largest absolute Gasteiger partial charge is 0.366 e. The van der Waals surface area contributed by atoms with Gasteiger partial charge in [0.15, 0.2) is 0 Å². The number of hydrogen-bond acceptors (Lipinski definition) is 5. The minimum atomic E-state index is -0.324. The summed E-state index contributed by atoms with van der Waals surface area (Å²) in [6, 6.07) is 9.52. The number of nitrogens with zero attached hydrogens (tertiary/aromatic N) is 5. The highest BCUT2D eigenvalue weighted by Crippen LogP contribution is 2.36. The van der Waals surface area contributed by atoms with Gasteiger partial charge in [0.05, 0.1) is 11.3 Å². The van der Waals surface area contributed by atoms with E-state index in [0.29, 0.717) is 23.8 Å². The smallest absolute Gasteiger partial charge is 0.147 e. The molecule has 1 saturated carbocycles. The van der Waals surface area contributed by atoms with Crippen LogP contribution >= 0.6 is 0 Å². The second kappa shape index (κ2) is 6.08. The van der Waals surface area contributed by atoms with Crippen LogP contribution in [0.3, 0.4) is 0 Å². The van der Waals surface area contributed by atoms with Crippen LogP contribution in [0.15, 0.2) is 36.8 Å². The zero-order chi connectivity index (χ0) is 16.5. The summed E-state index contributed by atoms with van der Waals surface area (Å²) in [5, 5.41) is 9.28. The highest BCUT2D eigenvalue weighted by Gasteiger charge is 2.38. The van der Waals surface area contributed by atoms with E-state index in [1.807, 2.05) is 11.0 Å². The molecule has 0 radical (unpaired) electrons. The highest BCUT2D eigenvalue weighted by atomic mass is 19.1. The van der Waals surface area contributed by atoms with Crippen LogP contribution in [0, 0.1) is 17.1 Å². The van der Waals surface area contributed by atoms with Crippen molar-refractivity contribution in [3.8, 4) is 6.07 Å². The molecule has 2 fully saturated rings. The van der Waals surface area contributed by atoms with E-state index in [1.165, 1.54) is 18.9 Å². The van der Waals surface area contributed by atoms with E-state index in [4.69, 9.17) is 0 Å². The number of halogens is 1. The Morgan fingerprint density at radius 3 is 2.79 bits per heavy atom. The van der Waals surface area contributed by atoms with E-state index in [1.54, 1.807) is 24.7 Å². The van der Waals surface area contributed by atoms with E-state index >= 15 is 0 Å². The second-order valence-corrected chi connectivity index (χ2v) is 6.34. The molecule has 1 aromatic carbocycles. The number of nitriles is 1. The van der Waals surface area contributed by atoms with Crippen molar-refractivity contribution in [2.24, 2.45) is 0 Å². The molecule has 1 atom stereocenters. The van der Waals surface area contributed by atoms with Crippen molar-refractivity contribution in [3.05, 3.63) is 48.2 Å². The van der Waals surface area contributed by atoms with Crippen LogP contribution in [0.2, 0.25) is 0 Å². The van der Waals surface area contributed by atoms with Gasteiger partial charge in [0.1, 0.15) is 24.0 Å². The first-order chi connectivity index (χ1) is 11.8. The standard InChI is InChI=1S/C18H18FN5/c19-16-3-1-2-13(10-20)18(16)23-9-7-15(11-23)24(14-4-5-14)17-6-8-21-12-22-17/h1-3,6,8,12,14-15H,4-5,7,9,11H2. The summed E-state index contributed by atoms with van der Waals surface area (Å²) in [5.74, 6) is 0.614. The summed E-state index contributed by atoms with van der Waals surface area (Å²) < 4.78 is 14.3. The molecule has 0 amide bonds. The van der Waals surface area contributed by atoms with Crippen molar-refractivity contribution >= 4 is 11.5 Å². The predicted octanol–water partition coefficient (Wildman–Crippen LogP) is 2.74. The van der Waals surface area contributed by atoms with Gasteiger partial charge in [0.25, 0.3) is 0 Å². The summed E-state index contributed by atoms with van der Waals surface area (Å²) in [6.07, 6.45) is 6.60. The van der Waals surface area contributed by atoms with Crippen molar-refractivity contribution < 1.29 is 4.39 Å². The van der Waals surface area contributed by atoms with Crippen LogP contribution in [0.1, 0.15) is 24.8 Å². The van der Waals surface area contributed by atoms with Crippen molar-refractivity contribution in [3.63, 3.8) is 0 Å². The third-order valence-corrected chi connectivity index (χ3v) is 4.75. The van der Waals surface area contributed by atoms with Crippen LogP contribution in [-0.2, 0) is 0 Å². The Balaban J connectivity index is 1.59. The summed E-state index contributed by atoms with van der Waals surface area (Å²) >= 11 is 0. The van der Waals surface area contributed by atoms with Gasteiger partial charge in [0, 0.05) is 31.4 Å². The first-order valence-corrected chi connectivity index (χ1v) is 8.26. The van der Waals surface area contributed by atoms with Gasteiger partial charge in [-0.3, -0.25) is 0 Å². The number of aromatic nitrogens is 2. The lowest BCUT2D eigenvalue weighted by Gasteiger charge is -2.30. The van der Waals surface area contributed by atoms with E-state index in [9.17, 15) is 9.65 Å². The van der Waals surface area contributed by atoms with Crippen molar-refractivity contribution in [2.75, 3.05) is 22.9 Å². The lowest BCUT2D eigenvalue weighted by molar-refractivity contribution is 0.614. The van der Waals surface area contributed by atoms with Crippen LogP contribution in [0.25, 0.3) is 0 Å². The van der Waals surface area contributed by atoms with Crippen LogP contribution < -0.4 is 9.80 Å². The Kier molecular flexibility index (Phi) is 3.77. The molecule has 1 aliphatic carbocycles. The van der Waals surface area contributed by atoms with Crippen LogP contribution in [-0.4, -0.2) is 35.1 Å². The molecule has 6 heteroatoms. The fraction of sp³-hybridized carbons (Fsp3) is 0.389. The lowest BCUT2D eigenvalue weighted by atomic mass is 10.1. The lowest BCUT2D eigenvalue weighted by Crippen LogP contribution is -2.40. The Bertz CT molecular complexity index is 769. The molecule has 1 aromatic heterocycles. The normalized spacial score (nSPS) is 20.0. The minimum absolute atomic E-state index is 0.276. The Hall–Kier alpha value is -2.68. The molecule has 5 nitrogen and oxygen atoms in total. The second-order valence-electron chi connectivity index (χ2n) is 6.34. The molecule has 2 aromatic rings. The molecular formula is C18H18FN5. The van der Waals surface area contributed by atoms with Gasteiger partial charge < -0.3 is 9.80 Å². The van der Waals surface area contributed by atoms with E-state index < -0.39 is 0 Å². The average Bonchev–Trinajstić information content (AvgIpc) is 3.33. The molecule has 2 aliphatic rings. The Morgan fingerprint density at radius 1 is 1.21 bits per heavy atom. The molecule has 24 heavy (non-hydrogen) atoms. The van der Waals surface area contributed by atoms with Gasteiger partial charge in [-0.05, 0) is 37.5 Å². The molecular weight excluding hydrogens is 305 g/mol. The maximum absolute atomic E-state index is 14.3. The number of benzene rings is 1. The molecule has 0 spiro atoms. The number of anilines is 2. The van der Waals surface area contributed by atoms with Crippen LogP contribution in [0.4, 0.5) is 15.9 Å². The fourth-order valence-corrected chi connectivity index (χ4v) is 3.56.